The first-order valence-electron chi connectivity index (χ1n) is 16.3. The van der Waals surface area contributed by atoms with Crippen LogP contribution in [0.25, 0.3) is 0 Å². The zero-order chi connectivity index (χ0) is 31.6. The second-order valence-electron chi connectivity index (χ2n) is 13.4. The van der Waals surface area contributed by atoms with Crippen LogP contribution in [-0.2, 0) is 25.7 Å². The first kappa shape index (κ1) is 32.9. The number of hydrogen-bond acceptors (Lipinski definition) is 5. The van der Waals surface area contributed by atoms with E-state index in [-0.39, 0.29) is 41.1 Å². The van der Waals surface area contributed by atoms with E-state index in [1.807, 2.05) is 49.1 Å². The Morgan fingerprint density at radius 2 is 1.80 bits per heavy atom. The molecule has 1 aromatic rings. The summed E-state index contributed by atoms with van der Waals surface area (Å²) in [6, 6.07) is 8.34. The number of nitrogens with zero attached hydrogens (tertiary/aromatic N) is 3. The number of halogens is 1. The van der Waals surface area contributed by atoms with E-state index in [2.05, 4.69) is 29.1 Å². The Bertz CT molecular complexity index is 1220. The van der Waals surface area contributed by atoms with Gasteiger partial charge in [-0.2, -0.15) is 0 Å². The van der Waals surface area contributed by atoms with E-state index in [1.165, 1.54) is 0 Å². The van der Waals surface area contributed by atoms with Crippen molar-refractivity contribution in [3.8, 4) is 0 Å². The van der Waals surface area contributed by atoms with Gasteiger partial charge in [-0.25, -0.2) is 0 Å². The number of aliphatic hydroxyl groups is 1. The summed E-state index contributed by atoms with van der Waals surface area (Å²) in [4.78, 5) is 49.2. The molecule has 3 saturated heterocycles. The zero-order valence-electron chi connectivity index (χ0n) is 26.2. The first-order chi connectivity index (χ1) is 21.2. The van der Waals surface area contributed by atoms with E-state index < -0.39 is 35.6 Å². The molecule has 9 heteroatoms. The van der Waals surface area contributed by atoms with Crippen molar-refractivity contribution in [2.45, 2.75) is 100.0 Å². The first-order valence-corrected chi connectivity index (χ1v) is 17.2. The molecule has 4 aliphatic rings. The number of rotatable bonds is 13. The molecule has 2 bridgehead atoms. The van der Waals surface area contributed by atoms with Crippen LogP contribution >= 0.6 is 15.9 Å². The summed E-state index contributed by atoms with van der Waals surface area (Å²) in [6.45, 7) is 12.7. The zero-order valence-corrected chi connectivity index (χ0v) is 27.7. The van der Waals surface area contributed by atoms with E-state index in [4.69, 9.17) is 4.74 Å². The number of amides is 3. The van der Waals surface area contributed by atoms with Gasteiger partial charge in [-0.05, 0) is 37.2 Å². The molecule has 8 nitrogen and oxygen atoms in total. The molecule has 44 heavy (non-hydrogen) atoms. The largest absolute Gasteiger partial charge is 0.394 e. The molecule has 3 amide bonds. The molecular formula is C35H48BrN3O5. The second-order valence-corrected chi connectivity index (χ2v) is 14.6. The number of carbonyl (C=O) groups excluding carboxylic acids is 3. The van der Waals surface area contributed by atoms with Crippen molar-refractivity contribution < 1.29 is 24.2 Å². The van der Waals surface area contributed by atoms with Gasteiger partial charge in [0.2, 0.25) is 17.7 Å². The van der Waals surface area contributed by atoms with E-state index in [0.29, 0.717) is 32.5 Å². The Morgan fingerprint density at radius 1 is 1.11 bits per heavy atom. The van der Waals surface area contributed by atoms with Crippen molar-refractivity contribution in [2.24, 2.45) is 17.8 Å². The molecule has 240 valence electrons. The third-order valence-electron chi connectivity index (χ3n) is 10.1. The maximum Gasteiger partial charge on any atom is 0.248 e. The maximum atomic E-state index is 14.9. The van der Waals surface area contributed by atoms with Crippen molar-refractivity contribution in [3.05, 3.63) is 61.2 Å². The predicted molar refractivity (Wildman–Crippen MR) is 174 cm³/mol. The van der Waals surface area contributed by atoms with Gasteiger partial charge >= 0.3 is 0 Å². The summed E-state index contributed by atoms with van der Waals surface area (Å²) >= 11 is 3.81. The van der Waals surface area contributed by atoms with Crippen LogP contribution in [0.2, 0.25) is 0 Å². The quantitative estimate of drug-likeness (QED) is 0.243. The van der Waals surface area contributed by atoms with Crippen LogP contribution < -0.4 is 0 Å². The summed E-state index contributed by atoms with van der Waals surface area (Å²) in [5, 5.41) is 10.7. The number of fused-ring (bicyclic) bond motifs is 1. The number of aliphatic hydroxyl groups excluding tert-OH is 1. The second kappa shape index (κ2) is 13.9. The lowest BCUT2D eigenvalue weighted by molar-refractivity contribution is -0.154. The van der Waals surface area contributed by atoms with Crippen molar-refractivity contribution in [1.29, 1.82) is 0 Å². The average molecular weight is 671 g/mol. The summed E-state index contributed by atoms with van der Waals surface area (Å²) in [5.74, 6) is -1.98. The molecule has 1 aliphatic carbocycles. The fourth-order valence-corrected chi connectivity index (χ4v) is 9.30. The van der Waals surface area contributed by atoms with Gasteiger partial charge in [0.15, 0.2) is 0 Å². The van der Waals surface area contributed by atoms with Gasteiger partial charge in [0, 0.05) is 30.5 Å². The summed E-state index contributed by atoms with van der Waals surface area (Å²) in [7, 11) is 0. The molecule has 1 N–H and O–H groups in total. The van der Waals surface area contributed by atoms with E-state index in [0.717, 1.165) is 37.7 Å². The van der Waals surface area contributed by atoms with Gasteiger partial charge in [0.1, 0.15) is 11.6 Å². The Kier molecular flexibility index (Phi) is 10.4. The van der Waals surface area contributed by atoms with Crippen LogP contribution in [0.3, 0.4) is 0 Å². The van der Waals surface area contributed by atoms with Crippen LogP contribution in [0.5, 0.6) is 0 Å². The minimum absolute atomic E-state index is 0.0593. The van der Waals surface area contributed by atoms with Gasteiger partial charge in [-0.15, -0.1) is 13.2 Å². The standard InChI is InChI=1S/C35H48BrN3O5/c1-5-17-37(21-24-13-9-7-10-14-24)32(41)28-29-33(42)39(26(22-40)19-23(3)4)31(35(29)20-27(36)30(28)44-35)34(43)38(18-6-2)25-15-11-8-12-16-25/h5-7,9-10,13-14,23,25-31,40H,1-2,8,11-12,15-22H2,3-4H3/t26-,27?,28+,29+,30+,31?,35?/m1/s1. The van der Waals surface area contributed by atoms with Crippen molar-refractivity contribution >= 4 is 33.7 Å². The topological polar surface area (TPSA) is 90.4 Å². The Labute approximate surface area is 270 Å². The lowest BCUT2D eigenvalue weighted by Crippen LogP contribution is -2.60. The normalized spacial score (nSPS) is 30.3. The lowest BCUT2D eigenvalue weighted by atomic mass is 9.70. The van der Waals surface area contributed by atoms with Gasteiger partial charge in [0.25, 0.3) is 0 Å². The molecule has 0 radical (unpaired) electrons. The van der Waals surface area contributed by atoms with Crippen LogP contribution in [0.15, 0.2) is 55.6 Å². The van der Waals surface area contributed by atoms with Crippen LogP contribution in [0, 0.1) is 17.8 Å². The molecule has 3 heterocycles. The number of benzene rings is 1. The van der Waals surface area contributed by atoms with Crippen LogP contribution in [-0.4, -0.2) is 91.9 Å². The molecular weight excluding hydrogens is 622 g/mol. The molecule has 0 aromatic heterocycles. The maximum absolute atomic E-state index is 14.9. The minimum atomic E-state index is -1.17. The molecule has 1 aromatic carbocycles. The van der Waals surface area contributed by atoms with Crippen molar-refractivity contribution in [3.63, 3.8) is 0 Å². The SMILES string of the molecule is C=CCN(Cc1ccccc1)C(=O)[C@H]1[C@H]2C(=O)N([C@@H](CO)CC(C)C)C(C(=O)N(CC=C)C3CCCCC3)C23CC(Br)[C@@H]1O3. The van der Waals surface area contributed by atoms with Crippen molar-refractivity contribution in [1.82, 2.24) is 14.7 Å². The minimum Gasteiger partial charge on any atom is -0.394 e. The Balaban J connectivity index is 1.57. The predicted octanol–water partition coefficient (Wildman–Crippen LogP) is 4.70. The van der Waals surface area contributed by atoms with E-state index in [1.54, 1.807) is 22.0 Å². The third-order valence-corrected chi connectivity index (χ3v) is 10.9. The molecule has 4 fully saturated rings. The monoisotopic (exact) mass is 669 g/mol. The summed E-state index contributed by atoms with van der Waals surface area (Å²) < 4.78 is 6.82. The van der Waals surface area contributed by atoms with E-state index >= 15 is 0 Å². The Morgan fingerprint density at radius 3 is 2.41 bits per heavy atom. The highest BCUT2D eigenvalue weighted by Crippen LogP contribution is 2.61. The molecule has 3 unspecified atom stereocenters. The van der Waals surface area contributed by atoms with Gasteiger partial charge in [0.05, 0.1) is 30.6 Å². The number of likely N-dealkylation sites (tertiary alicyclic amines) is 1. The summed E-state index contributed by atoms with van der Waals surface area (Å²) in [6.07, 6.45) is 8.97. The Hall–Kier alpha value is -2.49. The van der Waals surface area contributed by atoms with Crippen LogP contribution in [0.4, 0.5) is 0 Å². The van der Waals surface area contributed by atoms with E-state index in [9.17, 15) is 19.5 Å². The fourth-order valence-electron chi connectivity index (χ4n) is 8.35. The molecule has 3 aliphatic heterocycles. The highest BCUT2D eigenvalue weighted by Gasteiger charge is 2.77. The fraction of sp³-hybridized carbons (Fsp3) is 0.629. The van der Waals surface area contributed by atoms with Gasteiger partial charge in [-0.1, -0.05) is 91.5 Å². The van der Waals surface area contributed by atoms with Gasteiger partial charge < -0.3 is 24.5 Å². The van der Waals surface area contributed by atoms with Gasteiger partial charge in [-0.3, -0.25) is 14.4 Å². The summed E-state index contributed by atoms with van der Waals surface area (Å²) in [5.41, 5.74) is -0.188. The molecule has 5 rings (SSSR count). The average Bonchev–Trinajstić information content (AvgIpc) is 3.62. The lowest BCUT2D eigenvalue weighted by Gasteiger charge is -2.42. The highest BCUT2D eigenvalue weighted by molar-refractivity contribution is 9.09. The molecule has 1 spiro atoms. The van der Waals surface area contributed by atoms with Crippen LogP contribution in [0.1, 0.15) is 64.4 Å². The molecule has 7 atom stereocenters. The smallest absolute Gasteiger partial charge is 0.248 e. The van der Waals surface area contributed by atoms with Crippen molar-refractivity contribution in [2.75, 3.05) is 19.7 Å². The molecule has 1 saturated carbocycles. The highest BCUT2D eigenvalue weighted by atomic mass is 79.9. The number of ether oxygens (including phenoxy) is 1. The number of hydrogen-bond donors (Lipinski definition) is 1. The number of carbonyl (C=O) groups is 3. The number of alkyl halides is 1. The third kappa shape index (κ3) is 5.92.